The van der Waals surface area contributed by atoms with Crippen molar-refractivity contribution >= 4 is 46.1 Å². The van der Waals surface area contributed by atoms with Crippen LogP contribution < -0.4 is 21.1 Å². The Morgan fingerprint density at radius 1 is 1.05 bits per heavy atom. The number of carbonyl (C=O) groups excluding carboxylic acids is 4. The van der Waals surface area contributed by atoms with Gasteiger partial charge in [-0.2, -0.15) is 0 Å². The number of halogens is 1. The molecule has 0 spiro atoms. The van der Waals surface area contributed by atoms with Gasteiger partial charge in [-0.1, -0.05) is 30.3 Å². The number of nitrogens with two attached hydrogens (primary N) is 1. The number of nitrogens with one attached hydrogen (secondary N) is 3. The molecule has 0 saturated carbocycles. The zero-order valence-electron chi connectivity index (χ0n) is 22.3. The third-order valence-electron chi connectivity index (χ3n) is 7.20. The lowest BCUT2D eigenvalue weighted by Gasteiger charge is -2.37. The van der Waals surface area contributed by atoms with Crippen LogP contribution >= 0.6 is 11.6 Å². The predicted octanol–water partition coefficient (Wildman–Crippen LogP) is 2.04. The first kappa shape index (κ1) is 28.9. The Balaban J connectivity index is 1.51. The molecule has 212 valence electrons. The second-order valence-electron chi connectivity index (χ2n) is 9.88. The SMILES string of the molecule is COc1ccc(C[C@H](NC(=O)CCl)C(=O)N2CCCC[C@H]2C(=O)N[C@@H](Cc2c[nH]c3ccccc23)C(N)=O)cc1. The number of alkyl halides is 1. The van der Waals surface area contributed by atoms with E-state index in [0.29, 0.717) is 25.1 Å². The molecule has 40 heavy (non-hydrogen) atoms. The molecule has 1 fully saturated rings. The lowest BCUT2D eigenvalue weighted by molar-refractivity contribution is -0.145. The maximum absolute atomic E-state index is 13.8. The van der Waals surface area contributed by atoms with Crippen LogP contribution in [0.5, 0.6) is 5.75 Å². The number of amides is 4. The number of aromatic amines is 1. The Bertz CT molecular complexity index is 1360. The summed E-state index contributed by atoms with van der Waals surface area (Å²) in [5.41, 5.74) is 8.25. The predicted molar refractivity (Wildman–Crippen MR) is 152 cm³/mol. The number of hydrogen-bond donors (Lipinski definition) is 4. The van der Waals surface area contributed by atoms with Crippen LogP contribution in [0, 0.1) is 0 Å². The van der Waals surface area contributed by atoms with Crippen molar-refractivity contribution in [1.29, 1.82) is 0 Å². The van der Waals surface area contributed by atoms with Crippen molar-refractivity contribution < 1.29 is 23.9 Å². The van der Waals surface area contributed by atoms with Gasteiger partial charge >= 0.3 is 0 Å². The van der Waals surface area contributed by atoms with Gasteiger partial charge in [-0.15, -0.1) is 11.6 Å². The Morgan fingerprint density at radius 2 is 1.80 bits per heavy atom. The van der Waals surface area contributed by atoms with Crippen LogP contribution in [0.1, 0.15) is 30.4 Å². The summed E-state index contributed by atoms with van der Waals surface area (Å²) in [5, 5.41) is 6.43. The molecule has 2 aromatic carbocycles. The minimum Gasteiger partial charge on any atom is -0.497 e. The maximum Gasteiger partial charge on any atom is 0.246 e. The molecule has 3 aromatic rings. The normalized spacial score (nSPS) is 16.6. The number of fused-ring (bicyclic) bond motifs is 1. The number of nitrogens with zero attached hydrogens (tertiary/aromatic N) is 1. The summed E-state index contributed by atoms with van der Waals surface area (Å²) < 4.78 is 5.20. The van der Waals surface area contributed by atoms with E-state index < -0.39 is 35.8 Å². The molecule has 1 aliphatic heterocycles. The highest BCUT2D eigenvalue weighted by molar-refractivity contribution is 6.27. The van der Waals surface area contributed by atoms with E-state index in [-0.39, 0.29) is 24.6 Å². The lowest BCUT2D eigenvalue weighted by Crippen LogP contribution is -2.60. The molecule has 4 amide bonds. The van der Waals surface area contributed by atoms with Gasteiger partial charge in [-0.3, -0.25) is 19.2 Å². The monoisotopic (exact) mass is 567 g/mol. The Labute approximate surface area is 237 Å². The van der Waals surface area contributed by atoms with Gasteiger partial charge in [0.15, 0.2) is 0 Å². The zero-order chi connectivity index (χ0) is 28.6. The van der Waals surface area contributed by atoms with Crippen LogP contribution in [0.4, 0.5) is 0 Å². The van der Waals surface area contributed by atoms with Crippen LogP contribution in [0.25, 0.3) is 10.9 Å². The molecule has 1 aliphatic rings. The molecule has 11 heteroatoms. The van der Waals surface area contributed by atoms with Gasteiger partial charge in [-0.05, 0) is 48.6 Å². The summed E-state index contributed by atoms with van der Waals surface area (Å²) in [6.07, 6.45) is 4.09. The molecule has 0 radical (unpaired) electrons. The first-order valence-corrected chi connectivity index (χ1v) is 13.8. The van der Waals surface area contributed by atoms with E-state index in [4.69, 9.17) is 22.1 Å². The lowest BCUT2D eigenvalue weighted by atomic mass is 9.97. The van der Waals surface area contributed by atoms with Crippen molar-refractivity contribution in [2.24, 2.45) is 5.73 Å². The van der Waals surface area contributed by atoms with Gasteiger partial charge in [0.1, 0.15) is 29.8 Å². The summed E-state index contributed by atoms with van der Waals surface area (Å²) >= 11 is 5.73. The van der Waals surface area contributed by atoms with Gasteiger partial charge in [-0.25, -0.2) is 0 Å². The Morgan fingerprint density at radius 3 is 2.50 bits per heavy atom. The zero-order valence-corrected chi connectivity index (χ0v) is 23.1. The number of methoxy groups -OCH3 is 1. The van der Waals surface area contributed by atoms with E-state index >= 15 is 0 Å². The minimum atomic E-state index is -0.961. The molecular formula is C29H34ClN5O5. The van der Waals surface area contributed by atoms with Crippen LogP contribution in [-0.4, -0.2) is 71.2 Å². The average Bonchev–Trinajstić information content (AvgIpc) is 3.39. The number of para-hydroxylation sites is 1. The second-order valence-corrected chi connectivity index (χ2v) is 10.1. The first-order chi connectivity index (χ1) is 19.3. The highest BCUT2D eigenvalue weighted by atomic mass is 35.5. The topological polar surface area (TPSA) is 147 Å². The molecule has 5 N–H and O–H groups in total. The molecule has 2 heterocycles. The Hall–Kier alpha value is -4.05. The molecular weight excluding hydrogens is 534 g/mol. The number of rotatable bonds is 11. The van der Waals surface area contributed by atoms with Crippen LogP contribution in [-0.2, 0) is 32.0 Å². The van der Waals surface area contributed by atoms with Crippen molar-refractivity contribution in [3.05, 3.63) is 65.9 Å². The summed E-state index contributed by atoms with van der Waals surface area (Å²) in [4.78, 5) is 56.5. The molecule has 4 rings (SSSR count). The molecule has 10 nitrogen and oxygen atoms in total. The van der Waals surface area contributed by atoms with E-state index in [1.54, 1.807) is 25.4 Å². The highest BCUT2D eigenvalue weighted by Crippen LogP contribution is 2.22. The summed E-state index contributed by atoms with van der Waals surface area (Å²) in [6.45, 7) is 0.344. The number of likely N-dealkylation sites (tertiary alicyclic amines) is 1. The molecule has 1 saturated heterocycles. The number of H-pyrrole nitrogens is 1. The molecule has 1 aromatic heterocycles. The number of piperidine rings is 1. The quantitative estimate of drug-likeness (QED) is 0.262. The first-order valence-electron chi connectivity index (χ1n) is 13.2. The number of benzene rings is 2. The summed E-state index contributed by atoms with van der Waals surface area (Å²) in [5.74, 6) is -1.63. The summed E-state index contributed by atoms with van der Waals surface area (Å²) in [6, 6.07) is 12.1. The molecule has 0 bridgehead atoms. The van der Waals surface area contributed by atoms with Crippen molar-refractivity contribution in [1.82, 2.24) is 20.5 Å². The minimum absolute atomic E-state index is 0.206. The number of aromatic nitrogens is 1. The van der Waals surface area contributed by atoms with Gasteiger partial charge in [0.05, 0.1) is 7.11 Å². The van der Waals surface area contributed by atoms with Crippen molar-refractivity contribution in [3.63, 3.8) is 0 Å². The van der Waals surface area contributed by atoms with Gasteiger partial charge in [0, 0.05) is 36.5 Å². The van der Waals surface area contributed by atoms with E-state index in [9.17, 15) is 19.2 Å². The standard InChI is InChI=1S/C29H34ClN5O5/c1-40-20-11-9-18(10-12-20)14-24(33-26(36)16-30)29(39)35-13-5-4-8-25(35)28(38)34-23(27(31)37)15-19-17-32-22-7-3-2-6-21(19)22/h2-3,6-7,9-12,17,23-25,32H,4-5,8,13-16H2,1H3,(H2,31,37)(H,33,36)(H,34,38)/t23-,24-,25-/m0/s1. The van der Waals surface area contributed by atoms with Crippen LogP contribution in [0.3, 0.4) is 0 Å². The fourth-order valence-electron chi connectivity index (χ4n) is 5.11. The number of primary amides is 1. The van der Waals surface area contributed by atoms with E-state index in [2.05, 4.69) is 15.6 Å². The van der Waals surface area contributed by atoms with Gasteiger partial charge in [0.25, 0.3) is 0 Å². The molecule has 0 unspecified atom stereocenters. The molecule has 3 atom stereocenters. The third kappa shape index (κ3) is 6.93. The second kappa shape index (κ2) is 13.3. The number of ether oxygens (including phenoxy) is 1. The van der Waals surface area contributed by atoms with Crippen molar-refractivity contribution in [2.45, 2.75) is 50.2 Å². The summed E-state index contributed by atoms with van der Waals surface area (Å²) in [7, 11) is 1.56. The maximum atomic E-state index is 13.8. The highest BCUT2D eigenvalue weighted by Gasteiger charge is 2.37. The fraction of sp³-hybridized carbons (Fsp3) is 0.379. The number of hydrogen-bond acceptors (Lipinski definition) is 5. The average molecular weight is 568 g/mol. The van der Waals surface area contributed by atoms with E-state index in [1.807, 2.05) is 36.4 Å². The smallest absolute Gasteiger partial charge is 0.246 e. The van der Waals surface area contributed by atoms with E-state index in [0.717, 1.165) is 28.5 Å². The Kier molecular flexibility index (Phi) is 9.65. The van der Waals surface area contributed by atoms with Gasteiger partial charge in [0.2, 0.25) is 23.6 Å². The van der Waals surface area contributed by atoms with Crippen molar-refractivity contribution in [2.75, 3.05) is 19.5 Å². The van der Waals surface area contributed by atoms with Crippen LogP contribution in [0.15, 0.2) is 54.7 Å². The molecule has 0 aliphatic carbocycles. The van der Waals surface area contributed by atoms with Crippen molar-refractivity contribution in [3.8, 4) is 5.75 Å². The van der Waals surface area contributed by atoms with Gasteiger partial charge < -0.3 is 31.0 Å². The fourth-order valence-corrected chi connectivity index (χ4v) is 5.19. The van der Waals surface area contributed by atoms with Crippen LogP contribution in [0.2, 0.25) is 0 Å². The van der Waals surface area contributed by atoms with E-state index in [1.165, 1.54) is 4.90 Å². The third-order valence-corrected chi connectivity index (χ3v) is 7.44. The largest absolute Gasteiger partial charge is 0.497 e. The number of carbonyl (C=O) groups is 4.